The summed E-state index contributed by atoms with van der Waals surface area (Å²) in [5.41, 5.74) is 7.69. The molecule has 2 atom stereocenters. The van der Waals surface area contributed by atoms with Crippen molar-refractivity contribution in [1.29, 1.82) is 0 Å². The minimum Gasteiger partial charge on any atom is -0.343 e. The fourth-order valence-corrected chi connectivity index (χ4v) is 6.70. The molecule has 2 amide bonds. The predicted molar refractivity (Wildman–Crippen MR) is 174 cm³/mol. The second-order valence-electron chi connectivity index (χ2n) is 11.6. The number of nitrogens with zero attached hydrogens (tertiary/aromatic N) is 2. The van der Waals surface area contributed by atoms with Crippen LogP contribution >= 0.6 is 15.9 Å². The van der Waals surface area contributed by atoms with E-state index in [9.17, 15) is 9.59 Å². The van der Waals surface area contributed by atoms with Crippen molar-refractivity contribution in [2.45, 2.75) is 39.3 Å². The van der Waals surface area contributed by atoms with Crippen molar-refractivity contribution in [3.05, 3.63) is 124 Å². The Morgan fingerprint density at radius 1 is 0.929 bits per heavy atom. The number of anilines is 1. The molecule has 0 bridgehead atoms. The van der Waals surface area contributed by atoms with E-state index in [1.165, 1.54) is 5.56 Å². The molecule has 2 heterocycles. The smallest absolute Gasteiger partial charge is 0.255 e. The zero-order chi connectivity index (χ0) is 29.5. The van der Waals surface area contributed by atoms with Crippen LogP contribution in [0.1, 0.15) is 53.4 Å². The number of hydrogen-bond acceptors (Lipinski definition) is 2. The summed E-state index contributed by atoms with van der Waals surface area (Å²) in [7, 11) is 2.08. The van der Waals surface area contributed by atoms with Gasteiger partial charge in [-0.2, -0.15) is 0 Å². The minimum absolute atomic E-state index is 0.117. The molecule has 0 saturated carbocycles. The van der Waals surface area contributed by atoms with Crippen molar-refractivity contribution in [3.8, 4) is 11.3 Å². The molecule has 5 nitrogen and oxygen atoms in total. The molecule has 42 heavy (non-hydrogen) atoms. The molecule has 0 aliphatic carbocycles. The number of fused-ring (bicyclic) bond motifs is 2. The monoisotopic (exact) mass is 619 g/mol. The van der Waals surface area contributed by atoms with Gasteiger partial charge in [-0.15, -0.1) is 0 Å². The van der Waals surface area contributed by atoms with Crippen LogP contribution in [0.2, 0.25) is 0 Å². The Balaban J connectivity index is 1.58. The summed E-state index contributed by atoms with van der Waals surface area (Å²) in [6.07, 6.45) is 0.528. The maximum Gasteiger partial charge on any atom is 0.255 e. The van der Waals surface area contributed by atoms with E-state index in [4.69, 9.17) is 0 Å². The summed E-state index contributed by atoms with van der Waals surface area (Å²) in [4.78, 5) is 30.4. The molecule has 0 spiro atoms. The van der Waals surface area contributed by atoms with Crippen molar-refractivity contribution < 1.29 is 9.59 Å². The highest BCUT2D eigenvalue weighted by Gasteiger charge is 2.46. The van der Waals surface area contributed by atoms with E-state index in [-0.39, 0.29) is 17.7 Å². The summed E-state index contributed by atoms with van der Waals surface area (Å²) in [6, 6.07) is 31.1. The number of rotatable bonds is 7. The van der Waals surface area contributed by atoms with E-state index in [0.717, 1.165) is 37.8 Å². The zero-order valence-corrected chi connectivity index (χ0v) is 25.9. The van der Waals surface area contributed by atoms with Crippen LogP contribution in [0.3, 0.4) is 0 Å². The van der Waals surface area contributed by atoms with Gasteiger partial charge in [-0.1, -0.05) is 102 Å². The largest absolute Gasteiger partial charge is 0.343 e. The number of carbonyl (C=O) groups excluding carboxylic acids is 2. The molecule has 5 aromatic rings. The lowest BCUT2D eigenvalue weighted by atomic mass is 9.91. The molecule has 2 unspecified atom stereocenters. The van der Waals surface area contributed by atoms with Crippen LogP contribution in [-0.2, 0) is 11.8 Å². The van der Waals surface area contributed by atoms with Crippen LogP contribution in [0.4, 0.5) is 5.69 Å². The fraction of sp³-hybridized carbons (Fsp3) is 0.222. The maximum atomic E-state index is 14.4. The first-order valence-corrected chi connectivity index (χ1v) is 15.2. The van der Waals surface area contributed by atoms with Gasteiger partial charge >= 0.3 is 0 Å². The Kier molecular flexibility index (Phi) is 7.50. The minimum atomic E-state index is -0.682. The lowest BCUT2D eigenvalue weighted by Gasteiger charge is -2.34. The summed E-state index contributed by atoms with van der Waals surface area (Å²) < 4.78 is 3.10. The highest BCUT2D eigenvalue weighted by Crippen LogP contribution is 2.48. The first-order chi connectivity index (χ1) is 20.2. The van der Waals surface area contributed by atoms with Gasteiger partial charge in [0.05, 0.1) is 11.7 Å². The summed E-state index contributed by atoms with van der Waals surface area (Å²) in [5.74, 6) is -0.122. The third-order valence-corrected chi connectivity index (χ3v) is 8.66. The number of aryl methyl sites for hydroxylation is 2. The van der Waals surface area contributed by atoms with Crippen LogP contribution < -0.4 is 5.32 Å². The van der Waals surface area contributed by atoms with Crippen molar-refractivity contribution >= 4 is 44.3 Å². The third-order valence-electron chi connectivity index (χ3n) is 8.17. The third kappa shape index (κ3) is 4.94. The molecular weight excluding hydrogens is 586 g/mol. The predicted octanol–water partition coefficient (Wildman–Crippen LogP) is 8.51. The van der Waals surface area contributed by atoms with Gasteiger partial charge in [-0.05, 0) is 60.7 Å². The van der Waals surface area contributed by atoms with Crippen LogP contribution in [0, 0.1) is 12.8 Å². The normalized spacial score (nSPS) is 15.3. The number of halogens is 1. The van der Waals surface area contributed by atoms with Gasteiger partial charge in [0.1, 0.15) is 6.04 Å². The molecular formula is C36H34BrN3O2. The van der Waals surface area contributed by atoms with E-state index >= 15 is 0 Å². The Morgan fingerprint density at radius 2 is 1.64 bits per heavy atom. The van der Waals surface area contributed by atoms with Gasteiger partial charge in [0.15, 0.2) is 0 Å². The first-order valence-electron chi connectivity index (χ1n) is 14.4. The summed E-state index contributed by atoms with van der Waals surface area (Å²) in [6.45, 7) is 6.27. The SMILES string of the molecule is Cc1ccc(-c2c(C3c4ccccc4C(=O)N3C(CC(C)C)C(=O)Nc3cccc(Br)c3)c3ccccc3n2C)cc1. The van der Waals surface area contributed by atoms with Gasteiger partial charge in [0, 0.05) is 39.2 Å². The Morgan fingerprint density at radius 3 is 2.38 bits per heavy atom. The van der Waals surface area contributed by atoms with Crippen molar-refractivity contribution in [1.82, 2.24) is 9.47 Å². The number of para-hydroxylation sites is 1. The summed E-state index contributed by atoms with van der Waals surface area (Å²) in [5, 5.41) is 4.19. The first kappa shape index (κ1) is 28.0. The maximum absolute atomic E-state index is 14.4. The van der Waals surface area contributed by atoms with Gasteiger partial charge in [-0.3, -0.25) is 9.59 Å². The topological polar surface area (TPSA) is 54.3 Å². The van der Waals surface area contributed by atoms with Crippen molar-refractivity contribution in [2.24, 2.45) is 13.0 Å². The molecule has 1 aromatic heterocycles. The van der Waals surface area contributed by atoms with Gasteiger partial charge in [0.2, 0.25) is 5.91 Å². The molecule has 1 aliphatic heterocycles. The lowest BCUT2D eigenvalue weighted by molar-refractivity contribution is -0.121. The molecule has 6 rings (SSSR count). The highest BCUT2D eigenvalue weighted by molar-refractivity contribution is 9.10. The molecule has 0 radical (unpaired) electrons. The van der Waals surface area contributed by atoms with Gasteiger partial charge in [-0.25, -0.2) is 0 Å². The second kappa shape index (κ2) is 11.3. The summed E-state index contributed by atoms with van der Waals surface area (Å²) >= 11 is 3.51. The van der Waals surface area contributed by atoms with Crippen LogP contribution in [0.5, 0.6) is 0 Å². The average Bonchev–Trinajstić information content (AvgIpc) is 3.42. The number of carbonyl (C=O) groups is 2. The van der Waals surface area contributed by atoms with E-state index in [1.807, 2.05) is 65.6 Å². The molecule has 0 fully saturated rings. The van der Waals surface area contributed by atoms with Crippen LogP contribution in [0.25, 0.3) is 22.2 Å². The number of hydrogen-bond donors (Lipinski definition) is 1. The Bertz CT molecular complexity index is 1800. The zero-order valence-electron chi connectivity index (χ0n) is 24.3. The van der Waals surface area contributed by atoms with Gasteiger partial charge < -0.3 is 14.8 Å². The standard InChI is InChI=1S/C36H34BrN3O2/c1-22(2)20-31(35(41)38-26-11-9-10-25(37)21-26)40-34(27-12-5-6-13-28(27)36(40)42)32-29-14-7-8-15-30(29)39(4)33(32)24-18-16-23(3)17-19-24/h5-19,21-22,31,34H,20H2,1-4H3,(H,38,41). The molecule has 6 heteroatoms. The molecule has 1 aliphatic rings. The van der Waals surface area contributed by atoms with Crippen molar-refractivity contribution in [3.63, 3.8) is 0 Å². The van der Waals surface area contributed by atoms with Crippen LogP contribution in [0.15, 0.2) is 102 Å². The van der Waals surface area contributed by atoms with Crippen LogP contribution in [-0.4, -0.2) is 27.3 Å². The number of aromatic nitrogens is 1. The molecule has 0 saturated heterocycles. The van der Waals surface area contributed by atoms with E-state index in [0.29, 0.717) is 17.7 Å². The fourth-order valence-electron chi connectivity index (χ4n) is 6.30. The van der Waals surface area contributed by atoms with E-state index in [1.54, 1.807) is 0 Å². The molecule has 1 N–H and O–H groups in total. The highest BCUT2D eigenvalue weighted by atomic mass is 79.9. The second-order valence-corrected chi connectivity index (χ2v) is 12.5. The molecule has 212 valence electrons. The number of nitrogens with one attached hydrogen (secondary N) is 1. The average molecular weight is 621 g/mol. The molecule has 4 aromatic carbocycles. The Labute approximate surface area is 255 Å². The number of benzene rings is 4. The number of amides is 2. The van der Waals surface area contributed by atoms with Crippen molar-refractivity contribution in [2.75, 3.05) is 5.32 Å². The van der Waals surface area contributed by atoms with E-state index in [2.05, 4.69) is 90.0 Å². The quantitative estimate of drug-likeness (QED) is 0.198. The Hall–Kier alpha value is -4.16. The lowest BCUT2D eigenvalue weighted by Crippen LogP contribution is -2.47. The van der Waals surface area contributed by atoms with E-state index < -0.39 is 12.1 Å². The van der Waals surface area contributed by atoms with Gasteiger partial charge in [0.25, 0.3) is 5.91 Å².